The van der Waals surface area contributed by atoms with Gasteiger partial charge in [0.25, 0.3) is 0 Å². The van der Waals surface area contributed by atoms with E-state index in [-0.39, 0.29) is 0 Å². The van der Waals surface area contributed by atoms with E-state index in [4.69, 9.17) is 4.74 Å². The molecule has 0 bridgehead atoms. The minimum Gasteiger partial charge on any atom is -0.378 e. The van der Waals surface area contributed by atoms with Crippen molar-refractivity contribution in [1.29, 1.82) is 0 Å². The second kappa shape index (κ2) is 6.38. The van der Waals surface area contributed by atoms with Gasteiger partial charge in [-0.2, -0.15) is 0 Å². The SMILES string of the molecule is CNCc1sc(-c2ncccc2Br)nc1COC. The number of hydrogen-bond acceptors (Lipinski definition) is 5. The van der Waals surface area contributed by atoms with Crippen LogP contribution in [0.15, 0.2) is 22.8 Å². The quantitative estimate of drug-likeness (QED) is 0.917. The lowest BCUT2D eigenvalue weighted by atomic mass is 10.3. The van der Waals surface area contributed by atoms with Gasteiger partial charge in [-0.05, 0) is 35.1 Å². The predicted molar refractivity (Wildman–Crippen MR) is 76.5 cm³/mol. The van der Waals surface area contributed by atoms with Crippen molar-refractivity contribution in [2.24, 2.45) is 0 Å². The third kappa shape index (κ3) is 2.95. The van der Waals surface area contributed by atoms with Crippen LogP contribution in [-0.4, -0.2) is 24.1 Å². The summed E-state index contributed by atoms with van der Waals surface area (Å²) < 4.78 is 6.14. The van der Waals surface area contributed by atoms with Crippen molar-refractivity contribution in [3.63, 3.8) is 0 Å². The van der Waals surface area contributed by atoms with Crippen LogP contribution in [0.1, 0.15) is 10.6 Å². The first-order valence-electron chi connectivity index (χ1n) is 5.49. The molecule has 18 heavy (non-hydrogen) atoms. The van der Waals surface area contributed by atoms with Crippen molar-refractivity contribution in [3.05, 3.63) is 33.4 Å². The monoisotopic (exact) mass is 327 g/mol. The van der Waals surface area contributed by atoms with Crippen molar-refractivity contribution in [3.8, 4) is 10.7 Å². The molecule has 0 saturated carbocycles. The molecular formula is C12H14BrN3OS. The van der Waals surface area contributed by atoms with E-state index >= 15 is 0 Å². The molecule has 1 N–H and O–H groups in total. The fraction of sp³-hybridized carbons (Fsp3) is 0.333. The van der Waals surface area contributed by atoms with E-state index in [0.717, 1.165) is 27.4 Å². The van der Waals surface area contributed by atoms with Gasteiger partial charge < -0.3 is 10.1 Å². The lowest BCUT2D eigenvalue weighted by Crippen LogP contribution is -2.06. The second-order valence-corrected chi connectivity index (χ2v) is 5.62. The molecule has 0 aliphatic rings. The van der Waals surface area contributed by atoms with Gasteiger partial charge >= 0.3 is 0 Å². The van der Waals surface area contributed by atoms with E-state index in [0.29, 0.717) is 6.61 Å². The zero-order chi connectivity index (χ0) is 13.0. The number of aromatic nitrogens is 2. The maximum Gasteiger partial charge on any atom is 0.143 e. The van der Waals surface area contributed by atoms with Crippen LogP contribution in [-0.2, 0) is 17.9 Å². The Bertz CT molecular complexity index is 506. The molecule has 2 aromatic heterocycles. The summed E-state index contributed by atoms with van der Waals surface area (Å²) in [5.74, 6) is 0. The number of nitrogens with zero attached hydrogens (tertiary/aromatic N) is 2. The van der Waals surface area contributed by atoms with Gasteiger partial charge in [-0.15, -0.1) is 11.3 Å². The highest BCUT2D eigenvalue weighted by Crippen LogP contribution is 2.31. The number of halogens is 1. The number of nitrogens with one attached hydrogen (secondary N) is 1. The first-order chi connectivity index (χ1) is 8.76. The molecule has 0 fully saturated rings. The minimum absolute atomic E-state index is 0.526. The zero-order valence-corrected chi connectivity index (χ0v) is 12.6. The van der Waals surface area contributed by atoms with Crippen molar-refractivity contribution < 1.29 is 4.74 Å². The summed E-state index contributed by atoms with van der Waals surface area (Å²) in [5, 5.41) is 4.06. The number of pyridine rings is 1. The number of ether oxygens (including phenoxy) is 1. The van der Waals surface area contributed by atoms with E-state index in [9.17, 15) is 0 Å². The van der Waals surface area contributed by atoms with Crippen LogP contribution in [0.2, 0.25) is 0 Å². The molecule has 4 nitrogen and oxygen atoms in total. The van der Waals surface area contributed by atoms with Crippen molar-refractivity contribution in [1.82, 2.24) is 15.3 Å². The maximum atomic E-state index is 5.18. The summed E-state index contributed by atoms with van der Waals surface area (Å²) in [4.78, 5) is 10.2. The highest BCUT2D eigenvalue weighted by molar-refractivity contribution is 9.10. The van der Waals surface area contributed by atoms with Gasteiger partial charge in [-0.25, -0.2) is 4.98 Å². The normalized spacial score (nSPS) is 10.8. The molecular weight excluding hydrogens is 314 g/mol. The molecule has 0 saturated heterocycles. The van der Waals surface area contributed by atoms with Gasteiger partial charge in [-0.3, -0.25) is 4.98 Å². The molecule has 2 heterocycles. The molecule has 2 aromatic rings. The summed E-state index contributed by atoms with van der Waals surface area (Å²) in [6.07, 6.45) is 1.77. The van der Waals surface area contributed by atoms with Gasteiger partial charge in [0.1, 0.15) is 10.7 Å². The molecule has 0 aromatic carbocycles. The maximum absolute atomic E-state index is 5.18. The van der Waals surface area contributed by atoms with Crippen LogP contribution >= 0.6 is 27.3 Å². The topological polar surface area (TPSA) is 47.0 Å². The number of thiazole rings is 1. The third-order valence-electron chi connectivity index (χ3n) is 2.36. The first-order valence-corrected chi connectivity index (χ1v) is 7.10. The Morgan fingerprint density at radius 2 is 2.33 bits per heavy atom. The first kappa shape index (κ1) is 13.6. The van der Waals surface area contributed by atoms with Crippen molar-refractivity contribution in [2.45, 2.75) is 13.2 Å². The predicted octanol–water partition coefficient (Wildman–Crippen LogP) is 2.83. The van der Waals surface area contributed by atoms with Crippen molar-refractivity contribution >= 4 is 27.3 Å². The summed E-state index contributed by atoms with van der Waals surface area (Å²) in [7, 11) is 3.60. The zero-order valence-electron chi connectivity index (χ0n) is 10.2. The lowest BCUT2D eigenvalue weighted by Gasteiger charge is -1.98. The average molecular weight is 328 g/mol. The van der Waals surface area contributed by atoms with Crippen LogP contribution in [0.3, 0.4) is 0 Å². The van der Waals surface area contributed by atoms with Crippen LogP contribution in [0.4, 0.5) is 0 Å². The highest BCUT2D eigenvalue weighted by Gasteiger charge is 2.14. The Balaban J connectivity index is 2.40. The summed E-state index contributed by atoms with van der Waals surface area (Å²) in [6.45, 7) is 1.32. The molecule has 6 heteroatoms. The second-order valence-electron chi connectivity index (χ2n) is 3.69. The van der Waals surface area contributed by atoms with Crippen LogP contribution in [0, 0.1) is 0 Å². The molecule has 0 aliphatic carbocycles. The van der Waals surface area contributed by atoms with Crippen LogP contribution < -0.4 is 5.32 Å². The van der Waals surface area contributed by atoms with Crippen molar-refractivity contribution in [2.75, 3.05) is 14.2 Å². The summed E-state index contributed by atoms with van der Waals surface area (Å²) >= 11 is 5.15. The number of hydrogen-bond donors (Lipinski definition) is 1. The molecule has 0 aliphatic heterocycles. The summed E-state index contributed by atoms with van der Waals surface area (Å²) in [6, 6.07) is 3.86. The van der Waals surface area contributed by atoms with E-state index in [1.165, 1.54) is 4.88 Å². The van der Waals surface area contributed by atoms with Gasteiger partial charge in [-0.1, -0.05) is 0 Å². The van der Waals surface area contributed by atoms with E-state index in [1.54, 1.807) is 24.6 Å². The minimum atomic E-state index is 0.526. The third-order valence-corrected chi connectivity index (χ3v) is 4.10. The molecule has 0 atom stereocenters. The Morgan fingerprint density at radius 3 is 3.00 bits per heavy atom. The number of rotatable bonds is 5. The Kier molecular flexibility index (Phi) is 4.82. The summed E-state index contributed by atoms with van der Waals surface area (Å²) in [5.41, 5.74) is 1.85. The lowest BCUT2D eigenvalue weighted by molar-refractivity contribution is 0.181. The van der Waals surface area contributed by atoms with E-state index in [2.05, 4.69) is 31.2 Å². The van der Waals surface area contributed by atoms with Crippen LogP contribution in [0.25, 0.3) is 10.7 Å². The Labute approximate surface area is 119 Å². The highest BCUT2D eigenvalue weighted by atomic mass is 79.9. The average Bonchev–Trinajstić information content (AvgIpc) is 2.74. The molecule has 2 rings (SSSR count). The van der Waals surface area contributed by atoms with Gasteiger partial charge in [0.2, 0.25) is 0 Å². The smallest absolute Gasteiger partial charge is 0.143 e. The van der Waals surface area contributed by atoms with E-state index < -0.39 is 0 Å². The fourth-order valence-corrected chi connectivity index (χ4v) is 3.24. The molecule has 96 valence electrons. The van der Waals surface area contributed by atoms with Gasteiger partial charge in [0, 0.05) is 29.2 Å². The van der Waals surface area contributed by atoms with Gasteiger partial charge in [0.15, 0.2) is 0 Å². The molecule has 0 radical (unpaired) electrons. The fourth-order valence-electron chi connectivity index (χ4n) is 1.58. The van der Waals surface area contributed by atoms with Gasteiger partial charge in [0.05, 0.1) is 12.3 Å². The molecule has 0 unspecified atom stereocenters. The standard InChI is InChI=1S/C12H14BrN3OS/c1-14-6-10-9(7-17-2)16-12(18-10)11-8(13)4-3-5-15-11/h3-5,14H,6-7H2,1-2H3. The molecule has 0 amide bonds. The number of methoxy groups -OCH3 is 1. The van der Waals surface area contributed by atoms with Crippen LogP contribution in [0.5, 0.6) is 0 Å². The largest absolute Gasteiger partial charge is 0.378 e. The molecule has 0 spiro atoms. The Hall–Kier alpha value is -0.820. The Morgan fingerprint density at radius 1 is 1.50 bits per heavy atom. The van der Waals surface area contributed by atoms with E-state index in [1.807, 2.05) is 19.2 Å².